The van der Waals surface area contributed by atoms with Crippen molar-refractivity contribution in [3.63, 3.8) is 0 Å². The molecule has 2 aromatic carbocycles. The second-order valence-electron chi connectivity index (χ2n) is 7.08. The van der Waals surface area contributed by atoms with Crippen molar-refractivity contribution < 1.29 is 47.9 Å². The fourth-order valence-corrected chi connectivity index (χ4v) is 4.15. The third-order valence-corrected chi connectivity index (χ3v) is 6.34. The Morgan fingerprint density at radius 3 is 2.23 bits per heavy atom. The van der Waals surface area contributed by atoms with Gasteiger partial charge in [-0.15, -0.1) is 0 Å². The summed E-state index contributed by atoms with van der Waals surface area (Å²) in [6.07, 6.45) is -9.72. The van der Waals surface area contributed by atoms with Crippen LogP contribution in [0.5, 0.6) is 17.2 Å². The van der Waals surface area contributed by atoms with Crippen LogP contribution >= 0.6 is 0 Å². The van der Waals surface area contributed by atoms with E-state index in [9.17, 15) is 39.0 Å². The van der Waals surface area contributed by atoms with Gasteiger partial charge in [-0.3, -0.25) is 5.73 Å². The molecule has 0 amide bonds. The third-order valence-electron chi connectivity index (χ3n) is 4.32. The lowest BCUT2D eigenvalue weighted by Gasteiger charge is -2.17. The Bertz CT molecular complexity index is 1300. The van der Waals surface area contributed by atoms with Gasteiger partial charge in [-0.1, -0.05) is 0 Å². The largest absolute Gasteiger partial charge is 0.489 e. The van der Waals surface area contributed by atoms with E-state index in [2.05, 4.69) is 15.6 Å². The lowest BCUT2D eigenvalue weighted by molar-refractivity contribution is -0.139. The highest BCUT2D eigenvalue weighted by Gasteiger charge is 2.39. The summed E-state index contributed by atoms with van der Waals surface area (Å²) in [6, 6.07) is 3.00. The molecule has 0 aliphatic rings. The van der Waals surface area contributed by atoms with E-state index in [1.165, 1.54) is 6.92 Å². The van der Waals surface area contributed by atoms with Crippen molar-refractivity contribution >= 4 is 33.5 Å². The van der Waals surface area contributed by atoms with E-state index < -0.39 is 66.5 Å². The molecule has 15 heteroatoms. The fourth-order valence-electron chi connectivity index (χ4n) is 2.78. The van der Waals surface area contributed by atoms with Crippen molar-refractivity contribution in [2.24, 2.45) is 5.73 Å². The predicted molar refractivity (Wildman–Crippen MR) is 119 cm³/mol. The highest BCUT2D eigenvalue weighted by Crippen LogP contribution is 2.44. The van der Waals surface area contributed by atoms with Crippen LogP contribution in [0.25, 0.3) is 0 Å². The van der Waals surface area contributed by atoms with E-state index in [0.717, 1.165) is 6.07 Å². The SMILES string of the molecule is C=[N+]=C(N)Cc1cc(Oc2cc([OH+]S(=O)CC)c(S(C)(=O)=O)cc2C(F)(F)F)cc(C(F)(F)F)c1. The Morgan fingerprint density at radius 1 is 1.11 bits per heavy atom. The van der Waals surface area contributed by atoms with Crippen LogP contribution in [0.15, 0.2) is 35.2 Å². The summed E-state index contributed by atoms with van der Waals surface area (Å²) in [6.45, 7) is 4.59. The summed E-state index contributed by atoms with van der Waals surface area (Å²) >= 11 is -1.99. The van der Waals surface area contributed by atoms with E-state index >= 15 is 0 Å². The lowest BCUT2D eigenvalue weighted by Crippen LogP contribution is -2.18. The number of rotatable bonds is 8. The molecule has 2 aromatic rings. The number of halogens is 6. The molecule has 0 saturated carbocycles. The number of benzene rings is 2. The van der Waals surface area contributed by atoms with Gasteiger partial charge in [0.2, 0.25) is 0 Å². The molecule has 0 radical (unpaired) electrons. The van der Waals surface area contributed by atoms with Crippen LogP contribution < -0.4 is 15.1 Å². The Hall–Kier alpha value is -3.03. The molecule has 1 atom stereocenters. The normalized spacial score (nSPS) is 13.1. The summed E-state index contributed by atoms with van der Waals surface area (Å²) in [5, 5.41) is 0. The first-order chi connectivity index (χ1) is 16.0. The van der Waals surface area contributed by atoms with Gasteiger partial charge in [-0.25, -0.2) is 13.1 Å². The van der Waals surface area contributed by atoms with Crippen molar-refractivity contribution in [3.05, 3.63) is 47.0 Å². The highest BCUT2D eigenvalue weighted by molar-refractivity contribution is 7.90. The molecule has 7 nitrogen and oxygen atoms in total. The van der Waals surface area contributed by atoms with Crippen molar-refractivity contribution in [2.45, 2.75) is 30.6 Å². The molecule has 0 bridgehead atoms. The number of sulfone groups is 1. The highest BCUT2D eigenvalue weighted by atomic mass is 32.2. The van der Waals surface area contributed by atoms with Gasteiger partial charge in [0.1, 0.15) is 22.8 Å². The zero-order valence-electron chi connectivity index (χ0n) is 18.2. The van der Waals surface area contributed by atoms with E-state index in [-0.39, 0.29) is 29.6 Å². The summed E-state index contributed by atoms with van der Waals surface area (Å²) < 4.78 is 130. The number of nitrogens with two attached hydrogens (primary N) is 1. The van der Waals surface area contributed by atoms with Crippen LogP contribution in [-0.2, 0) is 39.7 Å². The second-order valence-corrected chi connectivity index (χ2v) is 10.5. The Morgan fingerprint density at radius 2 is 1.74 bits per heavy atom. The summed E-state index contributed by atoms with van der Waals surface area (Å²) in [5.41, 5.74) is 2.60. The monoisotopic (exact) mass is 546 g/mol. The third kappa shape index (κ3) is 7.47. The zero-order chi connectivity index (χ0) is 26.8. The minimum absolute atomic E-state index is 0.0767. The van der Waals surface area contributed by atoms with Gasteiger partial charge >= 0.3 is 29.3 Å². The molecular formula is C20H20F6N2O5S2+2. The lowest BCUT2D eigenvalue weighted by atomic mass is 10.1. The molecule has 0 saturated heterocycles. The molecule has 3 N–H and O–H groups in total. The van der Waals surface area contributed by atoms with Crippen molar-refractivity contribution in [1.29, 1.82) is 0 Å². The maximum absolute atomic E-state index is 13.8. The van der Waals surface area contributed by atoms with Crippen LogP contribution in [-0.4, -0.2) is 41.4 Å². The quantitative estimate of drug-likeness (QED) is 0.136. The molecule has 0 heterocycles. The van der Waals surface area contributed by atoms with E-state index in [1.54, 1.807) is 0 Å². The molecule has 0 aromatic heterocycles. The molecule has 192 valence electrons. The average Bonchev–Trinajstić information content (AvgIpc) is 2.71. The van der Waals surface area contributed by atoms with Gasteiger partial charge in [-0.2, -0.15) is 30.6 Å². The number of nitrogens with zero attached hydrogens (tertiary/aromatic N) is 1. The van der Waals surface area contributed by atoms with Gasteiger partial charge in [0.15, 0.2) is 21.5 Å². The van der Waals surface area contributed by atoms with Crippen LogP contribution in [0, 0.1) is 0 Å². The Balaban J connectivity index is 2.77. The second kappa shape index (κ2) is 10.3. The van der Waals surface area contributed by atoms with Crippen LogP contribution in [0.3, 0.4) is 0 Å². The molecule has 35 heavy (non-hydrogen) atoms. The maximum Gasteiger partial charge on any atom is 0.420 e. The Labute approximate surface area is 198 Å². The summed E-state index contributed by atoms with van der Waals surface area (Å²) in [7, 11) is -4.27. The summed E-state index contributed by atoms with van der Waals surface area (Å²) in [4.78, 5) is -0.872. The van der Waals surface area contributed by atoms with Crippen LogP contribution in [0.2, 0.25) is 0 Å². The predicted octanol–water partition coefficient (Wildman–Crippen LogP) is 3.51. The van der Waals surface area contributed by atoms with Gasteiger partial charge in [0.25, 0.3) is 5.75 Å². The molecule has 0 fully saturated rings. The van der Waals surface area contributed by atoms with Gasteiger partial charge in [-0.05, 0) is 36.8 Å². The number of amidine groups is 1. The minimum atomic E-state index is -5.16. The van der Waals surface area contributed by atoms with Crippen molar-refractivity contribution in [2.75, 3.05) is 12.0 Å². The minimum Gasteiger partial charge on any atom is -0.489 e. The molecule has 0 aliphatic carbocycles. The smallest absolute Gasteiger partial charge is 0.420 e. The van der Waals surface area contributed by atoms with Crippen LogP contribution in [0.1, 0.15) is 23.6 Å². The number of alkyl halides is 6. The molecule has 0 aliphatic heterocycles. The average molecular weight is 547 g/mol. The van der Waals surface area contributed by atoms with Crippen molar-refractivity contribution in [3.8, 4) is 17.2 Å². The zero-order valence-corrected chi connectivity index (χ0v) is 19.8. The van der Waals surface area contributed by atoms with Gasteiger partial charge < -0.3 is 8.92 Å². The standard InChI is InChI=1S/C20H18F6N2O5S2/c1-4-34(29)33-16-10-15(14(20(24,25)26)9-17(16)35(3,30)31)32-13-6-11(7-18(27)28-2)5-12(8-13)19(21,22)23/h5-6,8-10,27H,2,4,7H2,1,3H3/p+2. The maximum atomic E-state index is 13.8. The van der Waals surface area contributed by atoms with E-state index in [4.69, 9.17) is 10.5 Å². The topological polar surface area (TPSA) is 113 Å². The van der Waals surface area contributed by atoms with Crippen molar-refractivity contribution in [1.82, 2.24) is 4.67 Å². The van der Waals surface area contributed by atoms with Crippen LogP contribution in [0.4, 0.5) is 26.3 Å². The van der Waals surface area contributed by atoms with E-state index in [0.29, 0.717) is 24.5 Å². The molecular weight excluding hydrogens is 526 g/mol. The molecule has 1 unspecified atom stereocenters. The number of ether oxygens (including phenoxy) is 1. The van der Waals surface area contributed by atoms with Gasteiger partial charge in [0, 0.05) is 6.26 Å². The Kier molecular flexibility index (Phi) is 8.30. The van der Waals surface area contributed by atoms with E-state index in [1.807, 2.05) is 0 Å². The van der Waals surface area contributed by atoms with Gasteiger partial charge in [0.05, 0.1) is 18.1 Å². The first-order valence-corrected chi connectivity index (χ1v) is 12.6. The summed E-state index contributed by atoms with van der Waals surface area (Å²) in [5.74, 6) is -2.51. The number of aromatic hydroxyl groups is 1. The molecule has 2 rings (SSSR count). The first-order valence-electron chi connectivity index (χ1n) is 9.48. The first kappa shape index (κ1) is 28.2. The molecule has 0 spiro atoms. The number of hydrogen-bond donors (Lipinski definition) is 1. The number of hydrogen-bond acceptors (Lipinski definition) is 4. The fraction of sp³-hybridized carbons (Fsp3) is 0.300.